The fraction of sp³-hybridized carbons (Fsp3) is 0.500. The van der Waals surface area contributed by atoms with E-state index in [-0.39, 0.29) is 17.8 Å². The zero-order chi connectivity index (χ0) is 22.1. The Morgan fingerprint density at radius 2 is 1.94 bits per heavy atom. The van der Waals surface area contributed by atoms with Gasteiger partial charge < -0.3 is 14.8 Å². The lowest BCUT2D eigenvalue weighted by Crippen LogP contribution is -2.35. The SMILES string of the molecule is COc1ccc(F)c(CN2C[C@@H]3[C@H](NC(=O)CC4CCOCC4)c4ccccc4[C@@H]3C2)c1. The molecule has 0 aromatic heterocycles. The van der Waals surface area contributed by atoms with Crippen LogP contribution in [0.15, 0.2) is 42.5 Å². The highest BCUT2D eigenvalue weighted by Gasteiger charge is 2.46. The van der Waals surface area contributed by atoms with Crippen LogP contribution >= 0.6 is 0 Å². The Kier molecular flexibility index (Phi) is 6.15. The van der Waals surface area contributed by atoms with Crippen molar-refractivity contribution < 1.29 is 18.7 Å². The minimum Gasteiger partial charge on any atom is -0.497 e. The van der Waals surface area contributed by atoms with Crippen LogP contribution in [0.3, 0.4) is 0 Å². The quantitative estimate of drug-likeness (QED) is 0.740. The van der Waals surface area contributed by atoms with Gasteiger partial charge >= 0.3 is 0 Å². The van der Waals surface area contributed by atoms with Gasteiger partial charge in [0.1, 0.15) is 11.6 Å². The van der Waals surface area contributed by atoms with Crippen LogP contribution in [0.5, 0.6) is 5.75 Å². The molecule has 5 nitrogen and oxygen atoms in total. The molecule has 6 heteroatoms. The van der Waals surface area contributed by atoms with Gasteiger partial charge in [-0.25, -0.2) is 4.39 Å². The third kappa shape index (κ3) is 4.26. The molecule has 1 amide bonds. The molecule has 2 aromatic rings. The summed E-state index contributed by atoms with van der Waals surface area (Å²) in [5.74, 6) is 1.67. The standard InChI is InChI=1S/C26H31FN2O3/c1-31-19-6-7-24(27)18(13-19)14-29-15-22-20-4-2-3-5-21(20)26(23(22)16-29)28-25(30)12-17-8-10-32-11-9-17/h2-7,13,17,22-23,26H,8-12,14-16H2,1H3,(H,28,30)/t22-,23-,26+/m0/s1. The summed E-state index contributed by atoms with van der Waals surface area (Å²) in [5, 5.41) is 3.37. The van der Waals surface area contributed by atoms with Crippen molar-refractivity contribution in [1.29, 1.82) is 0 Å². The number of amides is 1. The van der Waals surface area contributed by atoms with Crippen LogP contribution in [-0.2, 0) is 16.1 Å². The molecule has 2 heterocycles. The summed E-state index contributed by atoms with van der Waals surface area (Å²) in [6.07, 6.45) is 2.49. The topological polar surface area (TPSA) is 50.8 Å². The molecular formula is C26H31FN2O3. The number of carbonyl (C=O) groups excluding carboxylic acids is 1. The van der Waals surface area contributed by atoms with E-state index >= 15 is 0 Å². The van der Waals surface area contributed by atoms with Crippen LogP contribution < -0.4 is 10.1 Å². The molecule has 5 rings (SSSR count). The molecular weight excluding hydrogens is 407 g/mol. The summed E-state index contributed by atoms with van der Waals surface area (Å²) in [6, 6.07) is 13.4. The Hall–Kier alpha value is -2.44. The number of benzene rings is 2. The fourth-order valence-electron chi connectivity index (χ4n) is 5.74. The summed E-state index contributed by atoms with van der Waals surface area (Å²) in [6.45, 7) is 3.75. The number of nitrogens with one attached hydrogen (secondary N) is 1. The highest BCUT2D eigenvalue weighted by atomic mass is 19.1. The average Bonchev–Trinajstić information content (AvgIpc) is 3.34. The first-order valence-corrected chi connectivity index (χ1v) is 11.6. The molecule has 1 N–H and O–H groups in total. The van der Waals surface area contributed by atoms with Crippen molar-refractivity contribution in [3.05, 3.63) is 65.0 Å². The maximum atomic E-state index is 14.4. The summed E-state index contributed by atoms with van der Waals surface area (Å²) >= 11 is 0. The monoisotopic (exact) mass is 438 g/mol. The Balaban J connectivity index is 1.30. The number of carbonyl (C=O) groups is 1. The number of likely N-dealkylation sites (tertiary alicyclic amines) is 1. The zero-order valence-electron chi connectivity index (χ0n) is 18.6. The molecule has 2 aliphatic heterocycles. The van der Waals surface area contributed by atoms with Crippen LogP contribution in [0.4, 0.5) is 4.39 Å². The maximum absolute atomic E-state index is 14.4. The number of fused-ring (bicyclic) bond motifs is 3. The van der Waals surface area contributed by atoms with Crippen molar-refractivity contribution in [2.24, 2.45) is 11.8 Å². The van der Waals surface area contributed by atoms with Gasteiger partial charge in [-0.15, -0.1) is 0 Å². The molecule has 0 saturated carbocycles. The average molecular weight is 439 g/mol. The molecule has 3 aliphatic rings. The van der Waals surface area contributed by atoms with E-state index in [9.17, 15) is 9.18 Å². The van der Waals surface area contributed by atoms with Gasteiger partial charge in [-0.3, -0.25) is 9.69 Å². The largest absolute Gasteiger partial charge is 0.497 e. The molecule has 1 aliphatic carbocycles. The van der Waals surface area contributed by atoms with Crippen LogP contribution in [0.25, 0.3) is 0 Å². The van der Waals surface area contributed by atoms with Crippen molar-refractivity contribution in [3.63, 3.8) is 0 Å². The second-order valence-electron chi connectivity index (χ2n) is 9.36. The lowest BCUT2D eigenvalue weighted by atomic mass is 9.93. The van der Waals surface area contributed by atoms with Crippen LogP contribution in [0.2, 0.25) is 0 Å². The summed E-state index contributed by atoms with van der Waals surface area (Å²) in [4.78, 5) is 15.2. The summed E-state index contributed by atoms with van der Waals surface area (Å²) in [5.41, 5.74) is 3.22. The fourth-order valence-corrected chi connectivity index (χ4v) is 5.74. The highest BCUT2D eigenvalue weighted by Crippen LogP contribution is 2.49. The molecule has 32 heavy (non-hydrogen) atoms. The highest BCUT2D eigenvalue weighted by molar-refractivity contribution is 5.77. The first kappa shape index (κ1) is 21.4. The predicted molar refractivity (Wildman–Crippen MR) is 120 cm³/mol. The Labute approximate surface area is 188 Å². The Morgan fingerprint density at radius 3 is 2.72 bits per heavy atom. The van der Waals surface area contributed by atoms with E-state index in [2.05, 4.69) is 34.5 Å². The van der Waals surface area contributed by atoms with Crippen LogP contribution in [0, 0.1) is 17.7 Å². The van der Waals surface area contributed by atoms with E-state index in [4.69, 9.17) is 9.47 Å². The number of halogens is 1. The minimum absolute atomic E-state index is 0.0173. The zero-order valence-corrected chi connectivity index (χ0v) is 18.6. The van der Waals surface area contributed by atoms with Crippen molar-refractivity contribution in [3.8, 4) is 5.75 Å². The third-order valence-electron chi connectivity index (χ3n) is 7.38. The molecule has 0 spiro atoms. The molecule has 2 aromatic carbocycles. The number of hydrogen-bond donors (Lipinski definition) is 1. The summed E-state index contributed by atoms with van der Waals surface area (Å²) in [7, 11) is 1.60. The van der Waals surface area contributed by atoms with Crippen molar-refractivity contribution in [1.82, 2.24) is 10.2 Å². The number of methoxy groups -OCH3 is 1. The van der Waals surface area contributed by atoms with Crippen molar-refractivity contribution in [2.45, 2.75) is 37.8 Å². The molecule has 170 valence electrons. The van der Waals surface area contributed by atoms with E-state index in [1.165, 1.54) is 17.2 Å². The minimum atomic E-state index is -0.204. The molecule has 0 unspecified atom stereocenters. The summed E-state index contributed by atoms with van der Waals surface area (Å²) < 4.78 is 25.1. The molecule has 2 saturated heterocycles. The van der Waals surface area contributed by atoms with Gasteiger partial charge in [-0.05, 0) is 48.1 Å². The second-order valence-corrected chi connectivity index (χ2v) is 9.36. The van der Waals surface area contributed by atoms with Gasteiger partial charge in [0.15, 0.2) is 0 Å². The van der Waals surface area contributed by atoms with Gasteiger partial charge in [0.05, 0.1) is 13.2 Å². The lowest BCUT2D eigenvalue weighted by molar-refractivity contribution is -0.123. The Bertz CT molecular complexity index is 975. The number of hydrogen-bond acceptors (Lipinski definition) is 4. The van der Waals surface area contributed by atoms with Crippen LogP contribution in [0.1, 0.15) is 47.9 Å². The molecule has 3 atom stereocenters. The second kappa shape index (κ2) is 9.20. The number of nitrogens with zero attached hydrogens (tertiary/aromatic N) is 1. The van der Waals surface area contributed by atoms with Crippen LogP contribution in [-0.4, -0.2) is 44.2 Å². The predicted octanol–water partition coefficient (Wildman–Crippen LogP) is 4.04. The van der Waals surface area contributed by atoms with E-state index in [1.807, 2.05) is 0 Å². The Morgan fingerprint density at radius 1 is 1.16 bits per heavy atom. The molecule has 0 radical (unpaired) electrons. The van der Waals surface area contributed by atoms with Gasteiger partial charge in [0, 0.05) is 56.7 Å². The van der Waals surface area contributed by atoms with Crippen molar-refractivity contribution in [2.75, 3.05) is 33.4 Å². The lowest BCUT2D eigenvalue weighted by Gasteiger charge is -2.25. The third-order valence-corrected chi connectivity index (χ3v) is 7.38. The molecule has 0 bridgehead atoms. The van der Waals surface area contributed by atoms with Gasteiger partial charge in [0.2, 0.25) is 5.91 Å². The maximum Gasteiger partial charge on any atom is 0.220 e. The number of rotatable bonds is 6. The first-order chi connectivity index (χ1) is 15.6. The van der Waals surface area contributed by atoms with E-state index in [1.54, 1.807) is 19.2 Å². The van der Waals surface area contributed by atoms with Crippen molar-refractivity contribution >= 4 is 5.91 Å². The molecule has 2 fully saturated rings. The van der Waals surface area contributed by atoms with Gasteiger partial charge in [-0.2, -0.15) is 0 Å². The number of ether oxygens (including phenoxy) is 2. The van der Waals surface area contributed by atoms with Gasteiger partial charge in [0.25, 0.3) is 0 Å². The van der Waals surface area contributed by atoms with E-state index < -0.39 is 0 Å². The first-order valence-electron chi connectivity index (χ1n) is 11.6. The smallest absolute Gasteiger partial charge is 0.220 e. The normalized spacial score (nSPS) is 25.4. The van der Waals surface area contributed by atoms with E-state index in [0.29, 0.717) is 42.0 Å². The van der Waals surface area contributed by atoms with E-state index in [0.717, 1.165) is 39.1 Å². The van der Waals surface area contributed by atoms with Gasteiger partial charge in [-0.1, -0.05) is 24.3 Å².